The van der Waals surface area contributed by atoms with Gasteiger partial charge >= 0.3 is 0 Å². The Hall–Kier alpha value is -0.160. The van der Waals surface area contributed by atoms with Crippen molar-refractivity contribution in [3.05, 3.63) is 0 Å². The molecule has 1 heterocycles. The lowest BCUT2D eigenvalue weighted by Gasteiger charge is -2.10. The first-order chi connectivity index (χ1) is 4.66. The molecule has 0 aromatic heterocycles. The molecule has 4 atom stereocenters. The fourth-order valence-electron chi connectivity index (χ4n) is 1.13. The van der Waals surface area contributed by atoms with Gasteiger partial charge in [0.15, 0.2) is 0 Å². The van der Waals surface area contributed by atoms with Gasteiger partial charge in [-0.3, -0.25) is 0 Å². The van der Waals surface area contributed by atoms with Crippen LogP contribution in [0.5, 0.6) is 0 Å². The van der Waals surface area contributed by atoms with Gasteiger partial charge in [-0.2, -0.15) is 0 Å². The Morgan fingerprint density at radius 1 is 1.40 bits per heavy atom. The average Bonchev–Trinajstić information content (AvgIpc) is 2.17. The van der Waals surface area contributed by atoms with E-state index in [4.69, 9.17) is 15.6 Å². The summed E-state index contributed by atoms with van der Waals surface area (Å²) in [5.74, 6) is 0. The average molecular weight is 147 g/mol. The van der Waals surface area contributed by atoms with Gasteiger partial charge in [-0.15, -0.1) is 0 Å². The van der Waals surface area contributed by atoms with Crippen molar-refractivity contribution in [1.29, 1.82) is 0 Å². The van der Waals surface area contributed by atoms with Crippen LogP contribution in [0.3, 0.4) is 0 Å². The molecule has 0 bridgehead atoms. The summed E-state index contributed by atoms with van der Waals surface area (Å²) in [6.07, 6.45) is -2.30. The van der Waals surface area contributed by atoms with E-state index >= 15 is 0 Å². The second-order valence-corrected chi connectivity index (χ2v) is 2.60. The lowest BCUT2D eigenvalue weighted by molar-refractivity contribution is 0.0223. The van der Waals surface area contributed by atoms with E-state index in [-0.39, 0.29) is 12.6 Å². The maximum absolute atomic E-state index is 9.17. The van der Waals surface area contributed by atoms with Gasteiger partial charge in [-0.05, 0) is 6.92 Å². The molecule has 0 amide bonds. The molecule has 10 heavy (non-hydrogen) atoms. The molecule has 0 spiro atoms. The van der Waals surface area contributed by atoms with Crippen molar-refractivity contribution in [2.75, 3.05) is 6.54 Å². The van der Waals surface area contributed by atoms with Crippen LogP contribution in [-0.4, -0.2) is 41.2 Å². The number of rotatable bonds is 1. The maximum Gasteiger partial charge on any atom is 0.110 e. The third kappa shape index (κ3) is 1.15. The summed E-state index contributed by atoms with van der Waals surface area (Å²) in [4.78, 5) is 0. The number of nitrogens with two attached hydrogens (primary N) is 1. The Balaban J connectivity index is 2.53. The molecule has 0 aromatic rings. The van der Waals surface area contributed by atoms with Crippen LogP contribution in [0.2, 0.25) is 0 Å². The standard InChI is InChI=1S/C6H13NO3/c1-3-5(8)6(9)4(2-7)10-3/h3-6,8-9H,2,7H2,1H3/t3-,4-,5+,6-/m1/s1. The highest BCUT2D eigenvalue weighted by atomic mass is 16.5. The summed E-state index contributed by atoms with van der Waals surface area (Å²) in [7, 11) is 0. The van der Waals surface area contributed by atoms with E-state index in [0.717, 1.165) is 0 Å². The SMILES string of the molecule is C[C@H]1O[C@H](CN)[C@@H](O)[C@H]1O. The molecule has 0 saturated carbocycles. The van der Waals surface area contributed by atoms with Crippen molar-refractivity contribution in [2.24, 2.45) is 5.73 Å². The quantitative estimate of drug-likeness (QED) is 0.420. The van der Waals surface area contributed by atoms with Crippen molar-refractivity contribution < 1.29 is 14.9 Å². The fourth-order valence-corrected chi connectivity index (χ4v) is 1.13. The van der Waals surface area contributed by atoms with E-state index < -0.39 is 18.3 Å². The van der Waals surface area contributed by atoms with Crippen LogP contribution in [0.15, 0.2) is 0 Å². The highest BCUT2D eigenvalue weighted by molar-refractivity contribution is 4.88. The smallest absolute Gasteiger partial charge is 0.110 e. The lowest BCUT2D eigenvalue weighted by atomic mass is 10.1. The number of hydrogen-bond acceptors (Lipinski definition) is 4. The summed E-state index contributed by atoms with van der Waals surface area (Å²) in [6.45, 7) is 1.96. The largest absolute Gasteiger partial charge is 0.388 e. The van der Waals surface area contributed by atoms with Crippen LogP contribution in [-0.2, 0) is 4.74 Å². The summed E-state index contributed by atoms with van der Waals surface area (Å²) >= 11 is 0. The van der Waals surface area contributed by atoms with E-state index in [1.54, 1.807) is 6.92 Å². The second-order valence-electron chi connectivity index (χ2n) is 2.60. The molecule has 4 nitrogen and oxygen atoms in total. The van der Waals surface area contributed by atoms with Gasteiger partial charge in [-0.25, -0.2) is 0 Å². The van der Waals surface area contributed by atoms with Crippen LogP contribution in [0, 0.1) is 0 Å². The van der Waals surface area contributed by atoms with Crippen molar-refractivity contribution in [2.45, 2.75) is 31.3 Å². The van der Waals surface area contributed by atoms with E-state index in [2.05, 4.69) is 0 Å². The minimum absolute atomic E-state index is 0.253. The third-order valence-electron chi connectivity index (χ3n) is 1.83. The molecule has 1 aliphatic heterocycles. The molecule has 4 heteroatoms. The van der Waals surface area contributed by atoms with Gasteiger partial charge in [0.1, 0.15) is 12.2 Å². The van der Waals surface area contributed by atoms with Crippen molar-refractivity contribution in [3.8, 4) is 0 Å². The molecule has 1 aliphatic rings. The summed E-state index contributed by atoms with van der Waals surface area (Å²) in [6, 6.07) is 0. The zero-order valence-electron chi connectivity index (χ0n) is 5.90. The Bertz CT molecular complexity index is 120. The molecule has 4 N–H and O–H groups in total. The number of aliphatic hydroxyl groups excluding tert-OH is 2. The molecule has 0 radical (unpaired) electrons. The van der Waals surface area contributed by atoms with E-state index in [9.17, 15) is 5.11 Å². The highest BCUT2D eigenvalue weighted by Gasteiger charge is 2.38. The van der Waals surface area contributed by atoms with Crippen molar-refractivity contribution in [1.82, 2.24) is 0 Å². The zero-order chi connectivity index (χ0) is 7.72. The first-order valence-corrected chi connectivity index (χ1v) is 3.38. The van der Waals surface area contributed by atoms with Gasteiger partial charge in [0.05, 0.1) is 12.2 Å². The van der Waals surface area contributed by atoms with Crippen LogP contribution < -0.4 is 5.73 Å². The molecule has 1 saturated heterocycles. The summed E-state index contributed by atoms with van der Waals surface area (Å²) in [5, 5.41) is 18.3. The zero-order valence-corrected chi connectivity index (χ0v) is 5.90. The normalized spacial score (nSPS) is 48.0. The van der Waals surface area contributed by atoms with Gasteiger partial charge in [0, 0.05) is 6.54 Å². The van der Waals surface area contributed by atoms with Crippen molar-refractivity contribution in [3.63, 3.8) is 0 Å². The predicted molar refractivity (Wildman–Crippen MR) is 35.4 cm³/mol. The highest BCUT2D eigenvalue weighted by Crippen LogP contribution is 2.19. The van der Waals surface area contributed by atoms with Crippen LogP contribution in [0.4, 0.5) is 0 Å². The Labute approximate surface area is 59.6 Å². The van der Waals surface area contributed by atoms with Gasteiger partial charge in [-0.1, -0.05) is 0 Å². The monoisotopic (exact) mass is 147 g/mol. The molecule has 0 aliphatic carbocycles. The van der Waals surface area contributed by atoms with Crippen LogP contribution >= 0.6 is 0 Å². The number of hydrogen-bond donors (Lipinski definition) is 3. The first-order valence-electron chi connectivity index (χ1n) is 3.38. The van der Waals surface area contributed by atoms with E-state index in [1.807, 2.05) is 0 Å². The molecule has 60 valence electrons. The summed E-state index contributed by atoms with van der Waals surface area (Å²) in [5.41, 5.74) is 5.25. The van der Waals surface area contributed by atoms with Gasteiger partial charge in [0.25, 0.3) is 0 Å². The topological polar surface area (TPSA) is 75.7 Å². The molecule has 0 unspecified atom stereocenters. The Morgan fingerprint density at radius 2 is 2.00 bits per heavy atom. The van der Waals surface area contributed by atoms with Gasteiger partial charge in [0.2, 0.25) is 0 Å². The Morgan fingerprint density at radius 3 is 2.20 bits per heavy atom. The minimum Gasteiger partial charge on any atom is -0.388 e. The second kappa shape index (κ2) is 2.84. The van der Waals surface area contributed by atoms with E-state index in [0.29, 0.717) is 0 Å². The minimum atomic E-state index is -0.819. The summed E-state index contributed by atoms with van der Waals surface area (Å²) < 4.78 is 5.11. The molecule has 1 fully saturated rings. The predicted octanol–water partition coefficient (Wildman–Crippen LogP) is -1.55. The Kier molecular flexibility index (Phi) is 2.25. The first kappa shape index (κ1) is 7.94. The van der Waals surface area contributed by atoms with Crippen LogP contribution in [0.25, 0.3) is 0 Å². The molecular formula is C6H13NO3. The maximum atomic E-state index is 9.17. The third-order valence-corrected chi connectivity index (χ3v) is 1.83. The molecule has 1 rings (SSSR count). The molecule has 0 aromatic carbocycles. The number of aliphatic hydroxyl groups is 2. The lowest BCUT2D eigenvalue weighted by Crippen LogP contribution is -2.35. The molecular weight excluding hydrogens is 134 g/mol. The van der Waals surface area contributed by atoms with Gasteiger partial charge < -0.3 is 20.7 Å². The van der Waals surface area contributed by atoms with E-state index in [1.165, 1.54) is 0 Å². The fraction of sp³-hybridized carbons (Fsp3) is 1.00. The number of ether oxygens (including phenoxy) is 1. The van der Waals surface area contributed by atoms with Crippen molar-refractivity contribution >= 4 is 0 Å². The van der Waals surface area contributed by atoms with Crippen LogP contribution in [0.1, 0.15) is 6.92 Å².